The third kappa shape index (κ3) is 16.3. The summed E-state index contributed by atoms with van der Waals surface area (Å²) < 4.78 is 39.2. The van der Waals surface area contributed by atoms with Gasteiger partial charge in [0.15, 0.2) is 10.6 Å². The number of halogens is 1. The maximum atomic E-state index is 14.7. The van der Waals surface area contributed by atoms with E-state index in [9.17, 15) is 39.3 Å². The van der Waals surface area contributed by atoms with Crippen LogP contribution in [0.1, 0.15) is 119 Å². The number of nitrogens with zero attached hydrogens (tertiary/aromatic N) is 3. The fraction of sp³-hybridized carbons (Fsp3) is 0.672. The van der Waals surface area contributed by atoms with Gasteiger partial charge in [0, 0.05) is 70.5 Å². The van der Waals surface area contributed by atoms with Gasteiger partial charge in [-0.3, -0.25) is 24.2 Å². The van der Waals surface area contributed by atoms with Crippen LogP contribution in [0.3, 0.4) is 0 Å². The molecule has 2 saturated heterocycles. The number of fused-ring (bicyclic) bond motifs is 4. The maximum Gasteiger partial charge on any atom is 0.329 e. The molecule has 0 spiro atoms. The van der Waals surface area contributed by atoms with Crippen molar-refractivity contribution in [3.63, 3.8) is 0 Å². The minimum atomic E-state index is -2.47. The number of allylic oxidation sites excluding steroid dienone is 6. The number of hydrogen-bond acceptors (Lipinski definition) is 16. The third-order valence-electron chi connectivity index (χ3n) is 16.9. The molecule has 0 radical (unpaired) electrons. The SMILES string of the molecule is COC1C[C@@H]2CC[C@@H](C)[C@@](O)(O2)C(=O)C(=O)N2CCCC[C@H]2C(=O)O[C@H]([C@H](C)C[C@@H]2CC(OCCN=c3sc4cc(Cl)ccc4n3C)[C@@H](O)[C@H](OC)C2)CC(=O)[C@H](C)/C=C(\C)[C@@H](O)C(OC)C(=O)[C@H](C)C[C@H](C)/C=C/C=C/C=C/1C. The number of carbonyl (C=O) groups excluding carboxylic acids is 5. The van der Waals surface area contributed by atoms with E-state index in [0.717, 1.165) is 20.6 Å². The number of ketones is 3. The lowest BCUT2D eigenvalue weighted by Gasteiger charge is -2.43. The number of esters is 1. The normalized spacial score (nSPS) is 36.4. The smallest absolute Gasteiger partial charge is 0.329 e. The number of thiazole rings is 1. The molecule has 444 valence electrons. The molecule has 19 heteroatoms. The van der Waals surface area contributed by atoms with Gasteiger partial charge in [0.05, 0.1) is 47.8 Å². The van der Waals surface area contributed by atoms with E-state index in [-0.39, 0.29) is 49.4 Å². The molecule has 2 aromatic rings. The van der Waals surface area contributed by atoms with Crippen molar-refractivity contribution in [3.05, 3.63) is 75.6 Å². The molecule has 3 N–H and O–H groups in total. The Labute approximate surface area is 481 Å². The van der Waals surface area contributed by atoms with Gasteiger partial charge in [0.1, 0.15) is 36.2 Å². The Hall–Kier alpha value is -4.21. The number of ether oxygens (including phenoxy) is 6. The second kappa shape index (κ2) is 29.9. The van der Waals surface area contributed by atoms with Crippen molar-refractivity contribution in [1.82, 2.24) is 9.47 Å². The van der Waals surface area contributed by atoms with Crippen LogP contribution < -0.4 is 4.80 Å². The molecule has 1 aromatic heterocycles. The summed E-state index contributed by atoms with van der Waals surface area (Å²) in [6.07, 6.45) is 8.39. The minimum Gasteiger partial charge on any atom is -0.460 e. The van der Waals surface area contributed by atoms with Crippen molar-refractivity contribution in [1.29, 1.82) is 0 Å². The van der Waals surface area contributed by atoms with Crippen molar-refractivity contribution in [2.24, 2.45) is 47.5 Å². The van der Waals surface area contributed by atoms with Crippen LogP contribution in [0.25, 0.3) is 10.2 Å². The second-order valence-electron chi connectivity index (χ2n) is 23.0. The van der Waals surface area contributed by atoms with Gasteiger partial charge in [-0.2, -0.15) is 0 Å². The number of benzene rings is 1. The van der Waals surface area contributed by atoms with E-state index < -0.39 is 102 Å². The highest BCUT2D eigenvalue weighted by Crippen LogP contribution is 2.38. The van der Waals surface area contributed by atoms with Crippen LogP contribution in [0.2, 0.25) is 5.02 Å². The molecule has 80 heavy (non-hydrogen) atoms. The van der Waals surface area contributed by atoms with E-state index in [4.69, 9.17) is 45.0 Å². The van der Waals surface area contributed by atoms with Crippen LogP contribution in [0.15, 0.2) is 70.8 Å². The van der Waals surface area contributed by atoms with Gasteiger partial charge in [-0.25, -0.2) is 4.79 Å². The molecule has 1 aliphatic carbocycles. The number of methoxy groups -OCH3 is 3. The number of cyclic esters (lactones) is 1. The van der Waals surface area contributed by atoms with Crippen LogP contribution in [0.4, 0.5) is 0 Å². The van der Waals surface area contributed by atoms with Crippen molar-refractivity contribution in [3.8, 4) is 0 Å². The van der Waals surface area contributed by atoms with E-state index in [0.29, 0.717) is 74.9 Å². The standard InChI is InChI=1S/C61H88ClN3O14S/c1-35-17-13-12-14-18-36(2)48(74-9)33-44-22-20-41(7)61(73,79-44)57(70)58(71)65-25-16-15-19-46(65)59(72)78-49(34-47(66)37(3)28-40(6)54(68)56(76-11)53(67)39(5)27-35)38(4)29-42-30-50(75-10)55(69)51(31-42)77-26-24-63-60-64(8)45-23-21-43(62)32-52(45)80-60/h12-14,17-18,21,23,28,32,35,37-39,41-42,44,46,48-51,54-56,68-69,73H,15-16,19-20,22,24-27,29-31,33-34H2,1-11H3/b14-12+,17-13+,36-18+,40-28+,63-60?/t35-,37-,38-,39-,41-,42+,44+,46+,48?,49+,50-,51?,54-,55+,56?,61-/m1/s1. The highest BCUT2D eigenvalue weighted by molar-refractivity contribution is 7.16. The molecule has 1 aromatic carbocycles. The molecule has 2 bridgehead atoms. The van der Waals surface area contributed by atoms with Crippen LogP contribution in [0.5, 0.6) is 0 Å². The van der Waals surface area contributed by atoms with Gasteiger partial charge in [0.2, 0.25) is 5.79 Å². The van der Waals surface area contributed by atoms with Gasteiger partial charge in [0.25, 0.3) is 11.7 Å². The number of Topliss-reactive ketones (excluding diaryl/α,β-unsaturated/α-hetero) is 3. The highest BCUT2D eigenvalue weighted by atomic mass is 35.5. The summed E-state index contributed by atoms with van der Waals surface area (Å²) in [5.74, 6) is -8.65. The van der Waals surface area contributed by atoms with Gasteiger partial charge in [-0.05, 0) is 119 Å². The van der Waals surface area contributed by atoms with Gasteiger partial charge in [-0.15, -0.1) is 0 Å². The molecule has 3 fully saturated rings. The predicted molar refractivity (Wildman–Crippen MR) is 306 cm³/mol. The number of aryl methyl sites for hydroxylation is 1. The summed E-state index contributed by atoms with van der Waals surface area (Å²) in [7, 11) is 6.42. The lowest BCUT2D eigenvalue weighted by atomic mass is 9.77. The number of aromatic nitrogens is 1. The molecule has 16 atom stereocenters. The number of aliphatic hydroxyl groups excluding tert-OH is 2. The van der Waals surface area contributed by atoms with E-state index in [1.54, 1.807) is 34.0 Å². The fourth-order valence-corrected chi connectivity index (χ4v) is 13.2. The molecule has 3 unspecified atom stereocenters. The molecule has 1 saturated carbocycles. The van der Waals surface area contributed by atoms with E-state index >= 15 is 0 Å². The molecule has 4 aliphatic rings. The Morgan fingerprint density at radius 1 is 0.900 bits per heavy atom. The number of aliphatic hydroxyl groups is 3. The monoisotopic (exact) mass is 1150 g/mol. The maximum absolute atomic E-state index is 14.7. The Balaban J connectivity index is 1.27. The average Bonchev–Trinajstić information content (AvgIpc) is 3.83. The summed E-state index contributed by atoms with van der Waals surface area (Å²) in [4.78, 5) is 78.7. The zero-order chi connectivity index (χ0) is 58.6. The fourth-order valence-electron chi connectivity index (χ4n) is 11.9. The van der Waals surface area contributed by atoms with Crippen molar-refractivity contribution in [2.45, 2.75) is 180 Å². The van der Waals surface area contributed by atoms with Crippen molar-refractivity contribution >= 4 is 62.4 Å². The zero-order valence-corrected chi connectivity index (χ0v) is 50.3. The van der Waals surface area contributed by atoms with Gasteiger partial charge < -0.3 is 53.2 Å². The number of amides is 1. The largest absolute Gasteiger partial charge is 0.460 e. The molecule has 4 heterocycles. The van der Waals surface area contributed by atoms with Gasteiger partial charge in [-0.1, -0.05) is 94.0 Å². The Bertz CT molecular complexity index is 2660. The Morgan fingerprint density at radius 3 is 2.35 bits per heavy atom. The first kappa shape index (κ1) is 65.0. The first-order valence-corrected chi connectivity index (χ1v) is 29.7. The van der Waals surface area contributed by atoms with Crippen LogP contribution >= 0.6 is 22.9 Å². The van der Waals surface area contributed by atoms with E-state index in [1.165, 1.54) is 30.5 Å². The summed E-state index contributed by atoms with van der Waals surface area (Å²) in [6, 6.07) is 4.50. The lowest BCUT2D eigenvalue weighted by molar-refractivity contribution is -0.265. The lowest BCUT2D eigenvalue weighted by Crippen LogP contribution is -2.61. The Kier molecular flexibility index (Phi) is 24.2. The molecular weight excluding hydrogens is 1070 g/mol. The topological polar surface area (TPSA) is 222 Å². The van der Waals surface area contributed by atoms with E-state index in [2.05, 4.69) is 0 Å². The molecule has 1 amide bonds. The van der Waals surface area contributed by atoms with Crippen molar-refractivity contribution < 1.29 is 67.7 Å². The number of carbonyl (C=O) groups is 5. The van der Waals surface area contributed by atoms with Crippen LogP contribution in [0, 0.1) is 35.5 Å². The third-order valence-corrected chi connectivity index (χ3v) is 18.3. The predicted octanol–water partition coefficient (Wildman–Crippen LogP) is 7.98. The second-order valence-corrected chi connectivity index (χ2v) is 24.5. The first-order chi connectivity index (χ1) is 38.0. The average molecular weight is 1150 g/mol. The van der Waals surface area contributed by atoms with Crippen molar-refractivity contribution in [2.75, 3.05) is 41.0 Å². The summed E-state index contributed by atoms with van der Waals surface area (Å²) >= 11 is 7.76. The van der Waals surface area contributed by atoms with E-state index in [1.807, 2.05) is 87.9 Å². The number of hydrogen-bond donors (Lipinski definition) is 3. The van der Waals surface area contributed by atoms with Crippen LogP contribution in [-0.2, 0) is 59.4 Å². The summed E-state index contributed by atoms with van der Waals surface area (Å²) in [5.41, 5.74) is 2.23. The molecule has 6 rings (SSSR count). The molecule has 17 nitrogen and oxygen atoms in total. The molecule has 3 aliphatic heterocycles. The zero-order valence-electron chi connectivity index (χ0n) is 48.7. The highest BCUT2D eigenvalue weighted by Gasteiger charge is 2.53. The first-order valence-electron chi connectivity index (χ1n) is 28.6. The Morgan fingerprint density at radius 2 is 1.64 bits per heavy atom. The summed E-state index contributed by atoms with van der Waals surface area (Å²) in [5, 5.41) is 35.8. The minimum absolute atomic E-state index is 0.00409. The number of rotatable bonds is 10. The van der Waals surface area contributed by atoms with Crippen LogP contribution in [-0.4, -0.2) is 156 Å². The molecular formula is C61H88ClN3O14S. The van der Waals surface area contributed by atoms with Gasteiger partial charge >= 0.3 is 5.97 Å². The number of piperidine rings is 1. The quantitative estimate of drug-likeness (QED) is 0.0889. The summed E-state index contributed by atoms with van der Waals surface area (Å²) in [6.45, 7) is 13.2.